The second-order valence-corrected chi connectivity index (χ2v) is 10.5. The van der Waals surface area contributed by atoms with Crippen molar-refractivity contribution >= 4 is 27.3 Å². The minimum absolute atomic E-state index is 0.0619. The van der Waals surface area contributed by atoms with Gasteiger partial charge < -0.3 is 10.2 Å². The summed E-state index contributed by atoms with van der Waals surface area (Å²) in [5, 5.41) is 12.5. The summed E-state index contributed by atoms with van der Waals surface area (Å²) in [6, 6.07) is 13.3. The molecular weight excluding hydrogens is 454 g/mol. The Balaban J connectivity index is 1.84. The van der Waals surface area contributed by atoms with E-state index in [1.54, 1.807) is 42.7 Å². The number of anilines is 1. The number of piperidine rings is 1. The van der Waals surface area contributed by atoms with Crippen LogP contribution in [0, 0.1) is 24.2 Å². The highest BCUT2D eigenvalue weighted by molar-refractivity contribution is 7.91. The molecule has 3 rings (SSSR count). The maximum Gasteiger partial charge on any atom is 0.253 e. The molecule has 9 heteroatoms. The van der Waals surface area contributed by atoms with E-state index in [0.717, 1.165) is 11.3 Å². The Morgan fingerprint density at radius 2 is 1.91 bits per heavy atom. The number of nitrogens with one attached hydrogen (secondary N) is 2. The van der Waals surface area contributed by atoms with E-state index in [0.29, 0.717) is 25.1 Å². The zero-order valence-corrected chi connectivity index (χ0v) is 20.1. The second-order valence-electron chi connectivity index (χ2n) is 8.48. The Hall–Kier alpha value is -3.35. The molecule has 1 saturated heterocycles. The van der Waals surface area contributed by atoms with Crippen LogP contribution in [-0.2, 0) is 14.6 Å². The predicted molar refractivity (Wildman–Crippen MR) is 129 cm³/mol. The molecule has 34 heavy (non-hydrogen) atoms. The topological polar surface area (TPSA) is 116 Å². The van der Waals surface area contributed by atoms with E-state index in [9.17, 15) is 23.2 Å². The fourth-order valence-corrected chi connectivity index (χ4v) is 6.03. The molecule has 0 bridgehead atoms. The SMILES string of the molecule is CC#CCNc1ccc(S(=O)(=O)CC2(C(=O)NO)CCCN(C(=O)c3cccc(C)c3)C2)cc1. The molecule has 0 aromatic heterocycles. The van der Waals surface area contributed by atoms with Gasteiger partial charge in [-0.25, -0.2) is 13.9 Å². The maximum atomic E-state index is 13.3. The number of amides is 2. The Bertz CT molecular complexity index is 1220. The third-order valence-electron chi connectivity index (χ3n) is 5.95. The molecule has 180 valence electrons. The van der Waals surface area contributed by atoms with E-state index in [1.807, 2.05) is 13.0 Å². The summed E-state index contributed by atoms with van der Waals surface area (Å²) in [6.45, 7) is 4.33. The first-order chi connectivity index (χ1) is 16.2. The van der Waals surface area contributed by atoms with Crippen LogP contribution in [0.3, 0.4) is 0 Å². The number of hydroxylamine groups is 1. The monoisotopic (exact) mass is 483 g/mol. The highest BCUT2D eigenvalue weighted by atomic mass is 32.2. The molecule has 2 amide bonds. The molecule has 1 atom stereocenters. The Labute approximate surface area is 200 Å². The minimum atomic E-state index is -3.90. The van der Waals surface area contributed by atoms with Gasteiger partial charge in [-0.1, -0.05) is 23.6 Å². The van der Waals surface area contributed by atoms with Crippen LogP contribution in [0.4, 0.5) is 5.69 Å². The molecular formula is C25H29N3O5S. The molecule has 1 aliphatic heterocycles. The minimum Gasteiger partial charge on any atom is -0.374 e. The van der Waals surface area contributed by atoms with Gasteiger partial charge in [0.1, 0.15) is 0 Å². The molecule has 0 aliphatic carbocycles. The zero-order chi connectivity index (χ0) is 24.8. The van der Waals surface area contributed by atoms with Crippen molar-refractivity contribution in [2.45, 2.75) is 31.6 Å². The number of hydrogen-bond donors (Lipinski definition) is 3. The number of likely N-dealkylation sites (tertiary alicyclic amines) is 1. The third-order valence-corrected chi connectivity index (χ3v) is 7.87. The molecule has 1 aliphatic rings. The smallest absolute Gasteiger partial charge is 0.253 e. The highest BCUT2D eigenvalue weighted by Gasteiger charge is 2.47. The van der Waals surface area contributed by atoms with Crippen molar-refractivity contribution in [3.05, 3.63) is 59.7 Å². The second kappa shape index (κ2) is 10.7. The zero-order valence-electron chi connectivity index (χ0n) is 19.3. The molecule has 0 radical (unpaired) electrons. The van der Waals surface area contributed by atoms with Crippen LogP contribution in [0.25, 0.3) is 0 Å². The molecule has 1 unspecified atom stereocenters. The van der Waals surface area contributed by atoms with Crippen LogP contribution >= 0.6 is 0 Å². The van der Waals surface area contributed by atoms with Gasteiger partial charge >= 0.3 is 0 Å². The molecule has 1 heterocycles. The van der Waals surface area contributed by atoms with Crippen LogP contribution in [-0.4, -0.2) is 55.7 Å². The van der Waals surface area contributed by atoms with Crippen molar-refractivity contribution in [2.75, 3.05) is 30.7 Å². The lowest BCUT2D eigenvalue weighted by Gasteiger charge is -2.41. The number of rotatable bonds is 7. The van der Waals surface area contributed by atoms with E-state index >= 15 is 0 Å². The van der Waals surface area contributed by atoms with Crippen molar-refractivity contribution in [3.63, 3.8) is 0 Å². The van der Waals surface area contributed by atoms with Gasteiger partial charge in [0.15, 0.2) is 9.84 Å². The van der Waals surface area contributed by atoms with Crippen LogP contribution < -0.4 is 10.8 Å². The predicted octanol–water partition coefficient (Wildman–Crippen LogP) is 2.63. The molecule has 1 fully saturated rings. The first-order valence-electron chi connectivity index (χ1n) is 11.0. The van der Waals surface area contributed by atoms with Crippen LogP contribution in [0.5, 0.6) is 0 Å². The number of hydrogen-bond acceptors (Lipinski definition) is 6. The maximum absolute atomic E-state index is 13.3. The summed E-state index contributed by atoms with van der Waals surface area (Å²) in [5.74, 6) is 4.02. The first-order valence-corrected chi connectivity index (χ1v) is 12.6. The number of nitrogens with zero attached hydrogens (tertiary/aromatic N) is 1. The summed E-state index contributed by atoms with van der Waals surface area (Å²) in [4.78, 5) is 27.4. The molecule has 3 N–H and O–H groups in total. The van der Waals surface area contributed by atoms with Gasteiger partial charge in [0.2, 0.25) is 0 Å². The Kier molecular flexibility index (Phi) is 7.97. The summed E-state index contributed by atoms with van der Waals surface area (Å²) in [5.41, 5.74) is 2.27. The summed E-state index contributed by atoms with van der Waals surface area (Å²) in [6.07, 6.45) is 0.660. The normalized spacial score (nSPS) is 17.9. The van der Waals surface area contributed by atoms with Crippen molar-refractivity contribution in [2.24, 2.45) is 5.41 Å². The fourth-order valence-electron chi connectivity index (χ4n) is 4.21. The number of carbonyl (C=O) groups excluding carboxylic acids is 2. The van der Waals surface area contributed by atoms with Crippen molar-refractivity contribution in [1.29, 1.82) is 0 Å². The summed E-state index contributed by atoms with van der Waals surface area (Å²) < 4.78 is 26.6. The van der Waals surface area contributed by atoms with E-state index in [2.05, 4.69) is 17.2 Å². The number of sulfone groups is 1. The average Bonchev–Trinajstić information content (AvgIpc) is 2.83. The fraction of sp³-hybridized carbons (Fsp3) is 0.360. The van der Waals surface area contributed by atoms with E-state index < -0.39 is 26.9 Å². The van der Waals surface area contributed by atoms with Gasteiger partial charge in [0, 0.05) is 24.3 Å². The highest BCUT2D eigenvalue weighted by Crippen LogP contribution is 2.35. The largest absolute Gasteiger partial charge is 0.374 e. The van der Waals surface area contributed by atoms with E-state index in [4.69, 9.17) is 0 Å². The summed E-state index contributed by atoms with van der Waals surface area (Å²) >= 11 is 0. The quantitative estimate of drug-likeness (QED) is 0.317. The first kappa shape index (κ1) is 25.3. The van der Waals surface area contributed by atoms with Crippen molar-refractivity contribution in [1.82, 2.24) is 10.4 Å². The number of carbonyl (C=O) groups is 2. The molecule has 8 nitrogen and oxygen atoms in total. The van der Waals surface area contributed by atoms with Gasteiger partial charge in [-0.15, -0.1) is 5.92 Å². The van der Waals surface area contributed by atoms with Crippen molar-refractivity contribution in [3.8, 4) is 11.8 Å². The Morgan fingerprint density at radius 1 is 1.18 bits per heavy atom. The van der Waals surface area contributed by atoms with Gasteiger partial charge in [-0.3, -0.25) is 14.8 Å². The van der Waals surface area contributed by atoms with Crippen LogP contribution in [0.1, 0.15) is 35.7 Å². The Morgan fingerprint density at radius 3 is 2.56 bits per heavy atom. The number of benzene rings is 2. The molecule has 0 spiro atoms. The van der Waals surface area contributed by atoms with E-state index in [-0.39, 0.29) is 23.8 Å². The molecule has 2 aromatic rings. The lowest BCUT2D eigenvalue weighted by Crippen LogP contribution is -2.56. The lowest BCUT2D eigenvalue weighted by atomic mass is 9.80. The summed E-state index contributed by atoms with van der Waals surface area (Å²) in [7, 11) is -3.90. The molecule has 2 aromatic carbocycles. The number of aryl methyl sites for hydroxylation is 1. The molecule has 0 saturated carbocycles. The average molecular weight is 484 g/mol. The van der Waals surface area contributed by atoms with Crippen molar-refractivity contribution < 1.29 is 23.2 Å². The lowest BCUT2D eigenvalue weighted by molar-refractivity contribution is -0.141. The van der Waals surface area contributed by atoms with Gasteiger partial charge in [0.25, 0.3) is 11.8 Å². The van der Waals surface area contributed by atoms with Crippen LogP contribution in [0.15, 0.2) is 53.4 Å². The standard InChI is InChI=1S/C25H29N3O5S/c1-3-4-14-26-21-9-11-22(12-10-21)34(32,33)18-25(24(30)27-31)13-6-15-28(17-25)23(29)20-8-5-7-19(2)16-20/h5,7-12,16,26,31H,6,13-15,17-18H2,1-2H3,(H,27,30). The van der Waals surface area contributed by atoms with E-state index in [1.165, 1.54) is 17.0 Å². The van der Waals surface area contributed by atoms with Gasteiger partial charge in [0.05, 0.1) is 22.6 Å². The van der Waals surface area contributed by atoms with Gasteiger partial charge in [-0.05, 0) is 63.1 Å². The van der Waals surface area contributed by atoms with Gasteiger partial charge in [-0.2, -0.15) is 0 Å². The third kappa shape index (κ3) is 5.76. The van der Waals surface area contributed by atoms with Crippen LogP contribution in [0.2, 0.25) is 0 Å².